The molecule has 0 atom stereocenters. The molecule has 0 bridgehead atoms. The minimum absolute atomic E-state index is 0.223. The predicted octanol–water partition coefficient (Wildman–Crippen LogP) is 5.48. The van der Waals surface area contributed by atoms with Crippen molar-refractivity contribution in [1.29, 1.82) is 0 Å². The molecule has 0 saturated heterocycles. The number of rotatable bonds is 8. The summed E-state index contributed by atoms with van der Waals surface area (Å²) in [6, 6.07) is 24.1. The first kappa shape index (κ1) is 20.9. The van der Waals surface area contributed by atoms with Crippen LogP contribution in [0.25, 0.3) is 5.82 Å². The van der Waals surface area contributed by atoms with Crippen LogP contribution in [0, 0.1) is 0 Å². The van der Waals surface area contributed by atoms with Crippen LogP contribution in [0.15, 0.2) is 90.1 Å². The van der Waals surface area contributed by atoms with Crippen molar-refractivity contribution in [2.24, 2.45) is 0 Å². The summed E-state index contributed by atoms with van der Waals surface area (Å²) in [7, 11) is 0. The van der Waals surface area contributed by atoms with Crippen LogP contribution >= 0.6 is 11.8 Å². The molecule has 0 unspecified atom stereocenters. The zero-order valence-corrected chi connectivity index (χ0v) is 18.1. The topological polar surface area (TPSA) is 57.0 Å². The Bertz CT molecular complexity index is 1130. The molecule has 156 valence electrons. The lowest BCUT2D eigenvalue weighted by Crippen LogP contribution is -2.10. The van der Waals surface area contributed by atoms with Crippen molar-refractivity contribution >= 4 is 17.7 Å². The zero-order valence-electron chi connectivity index (χ0n) is 17.3. The molecule has 0 aliphatic carbocycles. The summed E-state index contributed by atoms with van der Waals surface area (Å²) in [5.74, 6) is 1.23. The summed E-state index contributed by atoms with van der Waals surface area (Å²) in [5, 5.41) is 4.34. The van der Waals surface area contributed by atoms with Crippen LogP contribution in [0.1, 0.15) is 34.1 Å². The maximum absolute atomic E-state index is 12.7. The van der Waals surface area contributed by atoms with Crippen LogP contribution in [0.4, 0.5) is 0 Å². The number of ether oxygens (including phenoxy) is 1. The van der Waals surface area contributed by atoms with Gasteiger partial charge < -0.3 is 4.74 Å². The van der Waals surface area contributed by atoms with Crippen LogP contribution in [0.3, 0.4) is 0 Å². The molecular weight excluding hydrogens is 406 g/mol. The quantitative estimate of drug-likeness (QED) is 0.274. The molecule has 0 fully saturated rings. The summed E-state index contributed by atoms with van der Waals surface area (Å²) < 4.78 is 7.25. The lowest BCUT2D eigenvalue weighted by Gasteiger charge is -2.08. The second kappa shape index (κ2) is 10.1. The number of nitrogens with zero attached hydrogens (tertiary/aromatic N) is 3. The van der Waals surface area contributed by atoms with Gasteiger partial charge in [0.1, 0.15) is 12.2 Å². The van der Waals surface area contributed by atoms with Crippen LogP contribution in [-0.2, 0) is 23.5 Å². The van der Waals surface area contributed by atoms with Crippen molar-refractivity contribution in [2.75, 3.05) is 0 Å². The van der Waals surface area contributed by atoms with Gasteiger partial charge in [-0.05, 0) is 41.8 Å². The van der Waals surface area contributed by atoms with Gasteiger partial charge >= 0.3 is 5.97 Å². The third-order valence-electron chi connectivity index (χ3n) is 4.83. The van der Waals surface area contributed by atoms with Gasteiger partial charge in [0.25, 0.3) is 0 Å². The first-order chi connectivity index (χ1) is 15.2. The fourth-order valence-electron chi connectivity index (χ4n) is 3.21. The van der Waals surface area contributed by atoms with Crippen molar-refractivity contribution in [2.45, 2.75) is 30.6 Å². The van der Waals surface area contributed by atoms with Gasteiger partial charge in [-0.3, -0.25) is 0 Å². The SMILES string of the molecule is CCc1c(C(=O)OCc2ccc(SCc3ccccc3)cc2)cnn1-c1ccccn1. The number of pyridine rings is 1. The van der Waals surface area contributed by atoms with Gasteiger partial charge in [-0.15, -0.1) is 11.8 Å². The highest BCUT2D eigenvalue weighted by molar-refractivity contribution is 7.98. The second-order valence-corrected chi connectivity index (χ2v) is 8.00. The van der Waals surface area contributed by atoms with E-state index in [2.05, 4.69) is 46.5 Å². The average Bonchev–Trinajstić information content (AvgIpc) is 3.27. The molecule has 0 radical (unpaired) electrons. The first-order valence-corrected chi connectivity index (χ1v) is 11.1. The summed E-state index contributed by atoms with van der Waals surface area (Å²) >= 11 is 1.78. The van der Waals surface area contributed by atoms with E-state index >= 15 is 0 Å². The largest absolute Gasteiger partial charge is 0.457 e. The smallest absolute Gasteiger partial charge is 0.341 e. The van der Waals surface area contributed by atoms with E-state index in [1.807, 2.05) is 43.3 Å². The van der Waals surface area contributed by atoms with Gasteiger partial charge in [0.05, 0.1) is 11.9 Å². The summed E-state index contributed by atoms with van der Waals surface area (Å²) in [4.78, 5) is 18.2. The Hall–Kier alpha value is -3.38. The lowest BCUT2D eigenvalue weighted by atomic mass is 10.2. The van der Waals surface area contributed by atoms with Crippen molar-refractivity contribution in [3.05, 3.63) is 108 Å². The zero-order chi connectivity index (χ0) is 21.5. The molecule has 6 heteroatoms. The van der Waals surface area contributed by atoms with Gasteiger partial charge in [-0.1, -0.05) is 55.5 Å². The maximum Gasteiger partial charge on any atom is 0.341 e. The molecule has 0 spiro atoms. The Labute approximate surface area is 186 Å². The number of thioether (sulfide) groups is 1. The summed E-state index contributed by atoms with van der Waals surface area (Å²) in [6.07, 6.45) is 3.91. The van der Waals surface area contributed by atoms with Gasteiger partial charge in [-0.2, -0.15) is 5.10 Å². The number of benzene rings is 2. The molecule has 0 aliphatic heterocycles. The molecule has 4 aromatic rings. The molecule has 31 heavy (non-hydrogen) atoms. The van der Waals surface area contributed by atoms with Crippen molar-refractivity contribution < 1.29 is 9.53 Å². The molecule has 0 N–H and O–H groups in total. The standard InChI is InChI=1S/C25H23N3O2S/c1-2-23-22(16-27-28(23)24-10-6-7-15-26-24)25(29)30-17-19-11-13-21(14-12-19)31-18-20-8-4-3-5-9-20/h3-16H,2,17-18H2,1H3. The number of hydrogen-bond acceptors (Lipinski definition) is 5. The van der Waals surface area contributed by atoms with Crippen molar-refractivity contribution in [3.8, 4) is 5.82 Å². The first-order valence-electron chi connectivity index (χ1n) is 10.2. The van der Waals surface area contributed by atoms with E-state index in [-0.39, 0.29) is 12.6 Å². The Morgan fingerprint density at radius 1 is 0.968 bits per heavy atom. The third kappa shape index (κ3) is 5.22. The highest BCUT2D eigenvalue weighted by Gasteiger charge is 2.19. The molecule has 0 aliphatic rings. The molecular formula is C25H23N3O2S. The second-order valence-electron chi connectivity index (χ2n) is 6.95. The highest BCUT2D eigenvalue weighted by atomic mass is 32.2. The minimum atomic E-state index is -0.374. The maximum atomic E-state index is 12.7. The minimum Gasteiger partial charge on any atom is -0.457 e. The molecule has 2 aromatic heterocycles. The highest BCUT2D eigenvalue weighted by Crippen LogP contribution is 2.23. The number of carbonyl (C=O) groups is 1. The Morgan fingerprint density at radius 2 is 1.74 bits per heavy atom. The van der Waals surface area contributed by atoms with Gasteiger partial charge in [0, 0.05) is 16.8 Å². The van der Waals surface area contributed by atoms with E-state index in [9.17, 15) is 4.79 Å². The number of aromatic nitrogens is 3. The van der Waals surface area contributed by atoms with Crippen molar-refractivity contribution in [3.63, 3.8) is 0 Å². The van der Waals surface area contributed by atoms with E-state index in [1.54, 1.807) is 28.8 Å². The summed E-state index contributed by atoms with van der Waals surface area (Å²) in [6.45, 7) is 2.21. The van der Waals surface area contributed by atoms with E-state index in [0.717, 1.165) is 17.0 Å². The van der Waals surface area contributed by atoms with Gasteiger partial charge in [0.2, 0.25) is 0 Å². The Kier molecular flexibility index (Phi) is 6.79. The molecule has 4 rings (SSSR count). The Morgan fingerprint density at radius 3 is 2.45 bits per heavy atom. The van der Waals surface area contributed by atoms with E-state index < -0.39 is 0 Å². The molecule has 0 amide bonds. The third-order valence-corrected chi connectivity index (χ3v) is 5.91. The number of carbonyl (C=O) groups excluding carboxylic acids is 1. The monoisotopic (exact) mass is 429 g/mol. The normalized spacial score (nSPS) is 10.7. The average molecular weight is 430 g/mol. The molecule has 2 heterocycles. The molecule has 0 saturated carbocycles. The lowest BCUT2D eigenvalue weighted by molar-refractivity contribution is 0.0471. The van der Waals surface area contributed by atoms with Crippen molar-refractivity contribution in [1.82, 2.24) is 14.8 Å². The predicted molar refractivity (Wildman–Crippen MR) is 122 cm³/mol. The van der Waals surface area contributed by atoms with Crippen LogP contribution in [0.2, 0.25) is 0 Å². The van der Waals surface area contributed by atoms with Gasteiger partial charge in [-0.25, -0.2) is 14.5 Å². The fourth-order valence-corrected chi connectivity index (χ4v) is 4.06. The molecule has 2 aromatic carbocycles. The summed E-state index contributed by atoms with van der Waals surface area (Å²) in [5.41, 5.74) is 3.51. The van der Waals surface area contributed by atoms with Crippen LogP contribution in [-0.4, -0.2) is 20.7 Å². The molecule has 5 nitrogen and oxygen atoms in total. The van der Waals surface area contributed by atoms with E-state index in [4.69, 9.17) is 4.74 Å². The van der Waals surface area contributed by atoms with E-state index in [1.165, 1.54) is 10.5 Å². The van der Waals surface area contributed by atoms with Gasteiger partial charge in [0.15, 0.2) is 5.82 Å². The number of esters is 1. The van der Waals surface area contributed by atoms with Crippen LogP contribution < -0.4 is 0 Å². The fraction of sp³-hybridized carbons (Fsp3) is 0.160. The van der Waals surface area contributed by atoms with E-state index in [0.29, 0.717) is 17.8 Å². The van der Waals surface area contributed by atoms with Crippen LogP contribution in [0.5, 0.6) is 0 Å². The number of hydrogen-bond donors (Lipinski definition) is 0. The Balaban J connectivity index is 1.36.